The van der Waals surface area contributed by atoms with E-state index in [-0.39, 0.29) is 18.4 Å². The summed E-state index contributed by atoms with van der Waals surface area (Å²) in [6.07, 6.45) is 0.389. The fraction of sp³-hybridized carbons (Fsp3) is 0.727. The summed E-state index contributed by atoms with van der Waals surface area (Å²) in [5.74, 6) is -2.38. The van der Waals surface area contributed by atoms with E-state index in [0.29, 0.717) is 19.5 Å². The van der Waals surface area contributed by atoms with E-state index in [2.05, 4.69) is 5.32 Å². The Morgan fingerprint density at radius 2 is 1.94 bits per heavy atom. The zero-order chi connectivity index (χ0) is 13.0. The lowest BCUT2D eigenvalue weighted by Crippen LogP contribution is -2.41. The molecular formula is C11H18N2O4. The molecule has 96 valence electrons. The van der Waals surface area contributed by atoms with Gasteiger partial charge in [0.15, 0.2) is 0 Å². The van der Waals surface area contributed by atoms with Crippen molar-refractivity contribution in [2.24, 2.45) is 11.8 Å². The largest absolute Gasteiger partial charge is 0.481 e. The first-order valence-electron chi connectivity index (χ1n) is 5.79. The molecule has 0 aliphatic heterocycles. The van der Waals surface area contributed by atoms with Crippen molar-refractivity contribution in [2.45, 2.75) is 20.3 Å². The fourth-order valence-corrected chi connectivity index (χ4v) is 1.75. The van der Waals surface area contributed by atoms with Crippen molar-refractivity contribution in [1.29, 1.82) is 0 Å². The normalized spacial score (nSPS) is 21.8. The maximum atomic E-state index is 11.9. The van der Waals surface area contributed by atoms with Crippen LogP contribution in [0.15, 0.2) is 0 Å². The summed E-state index contributed by atoms with van der Waals surface area (Å²) >= 11 is 0. The molecule has 1 aliphatic carbocycles. The molecule has 0 radical (unpaired) electrons. The number of hydrogen-bond acceptors (Lipinski definition) is 3. The molecule has 17 heavy (non-hydrogen) atoms. The van der Waals surface area contributed by atoms with Gasteiger partial charge in [0, 0.05) is 13.1 Å². The van der Waals surface area contributed by atoms with Gasteiger partial charge in [-0.1, -0.05) is 0 Å². The molecule has 6 heteroatoms. The van der Waals surface area contributed by atoms with E-state index in [9.17, 15) is 14.4 Å². The molecule has 2 N–H and O–H groups in total. The van der Waals surface area contributed by atoms with Crippen LogP contribution in [0.1, 0.15) is 20.3 Å². The number of carboxylic acid groups (broad SMARTS) is 1. The van der Waals surface area contributed by atoms with Gasteiger partial charge in [0.2, 0.25) is 11.8 Å². The molecule has 0 saturated heterocycles. The van der Waals surface area contributed by atoms with Crippen LogP contribution >= 0.6 is 0 Å². The second-order valence-electron chi connectivity index (χ2n) is 4.09. The third-order valence-electron chi connectivity index (χ3n) is 2.83. The molecule has 1 rings (SSSR count). The monoisotopic (exact) mass is 242 g/mol. The van der Waals surface area contributed by atoms with Gasteiger partial charge in [-0.15, -0.1) is 0 Å². The lowest BCUT2D eigenvalue weighted by atomic mass is 10.2. The minimum atomic E-state index is -0.933. The van der Waals surface area contributed by atoms with Crippen LogP contribution in [0.3, 0.4) is 0 Å². The minimum absolute atomic E-state index is 0.00596. The van der Waals surface area contributed by atoms with Crippen LogP contribution in [0.5, 0.6) is 0 Å². The lowest BCUT2D eigenvalue weighted by molar-refractivity contribution is -0.142. The Kier molecular flexibility index (Phi) is 4.48. The van der Waals surface area contributed by atoms with Crippen molar-refractivity contribution in [1.82, 2.24) is 10.2 Å². The van der Waals surface area contributed by atoms with E-state index in [0.717, 1.165) is 0 Å². The van der Waals surface area contributed by atoms with Crippen molar-refractivity contribution >= 4 is 17.8 Å². The molecular weight excluding hydrogens is 224 g/mol. The second-order valence-corrected chi connectivity index (χ2v) is 4.09. The number of carbonyl (C=O) groups excluding carboxylic acids is 2. The summed E-state index contributed by atoms with van der Waals surface area (Å²) in [6, 6.07) is 0. The average molecular weight is 242 g/mol. The molecule has 0 aromatic rings. The van der Waals surface area contributed by atoms with Gasteiger partial charge in [0.05, 0.1) is 18.4 Å². The highest BCUT2D eigenvalue weighted by atomic mass is 16.4. The Balaban J connectivity index is 2.48. The summed E-state index contributed by atoms with van der Waals surface area (Å²) in [4.78, 5) is 35.3. The van der Waals surface area contributed by atoms with Crippen LogP contribution in [0.2, 0.25) is 0 Å². The van der Waals surface area contributed by atoms with Crippen molar-refractivity contribution in [2.75, 3.05) is 19.6 Å². The van der Waals surface area contributed by atoms with Gasteiger partial charge in [-0.2, -0.15) is 0 Å². The number of carbonyl (C=O) groups is 3. The van der Waals surface area contributed by atoms with Gasteiger partial charge >= 0.3 is 5.97 Å². The number of nitrogens with one attached hydrogen (secondary N) is 1. The van der Waals surface area contributed by atoms with E-state index < -0.39 is 17.8 Å². The first-order valence-corrected chi connectivity index (χ1v) is 5.79. The molecule has 0 spiro atoms. The molecule has 1 saturated carbocycles. The first kappa shape index (κ1) is 13.5. The molecule has 2 atom stereocenters. The van der Waals surface area contributed by atoms with Gasteiger partial charge < -0.3 is 15.3 Å². The van der Waals surface area contributed by atoms with Crippen LogP contribution in [-0.2, 0) is 14.4 Å². The smallest absolute Gasteiger partial charge is 0.307 e. The van der Waals surface area contributed by atoms with Crippen LogP contribution in [0.4, 0.5) is 0 Å². The molecule has 2 unspecified atom stereocenters. The van der Waals surface area contributed by atoms with E-state index in [4.69, 9.17) is 5.11 Å². The standard InChI is InChI=1S/C11H18N2O4/c1-3-12-9(14)6-13(4-2)10(15)7-5-8(7)11(16)17/h7-8H,3-6H2,1-2H3,(H,12,14)(H,16,17). The Morgan fingerprint density at radius 1 is 1.29 bits per heavy atom. The molecule has 0 heterocycles. The van der Waals surface area contributed by atoms with Crippen molar-refractivity contribution in [3.8, 4) is 0 Å². The highest BCUT2D eigenvalue weighted by molar-refractivity contribution is 5.91. The SMILES string of the molecule is CCNC(=O)CN(CC)C(=O)C1CC1C(=O)O. The number of likely N-dealkylation sites (N-methyl/N-ethyl adjacent to an activating group) is 2. The lowest BCUT2D eigenvalue weighted by Gasteiger charge is -2.20. The highest BCUT2D eigenvalue weighted by Crippen LogP contribution is 2.39. The van der Waals surface area contributed by atoms with E-state index in [1.54, 1.807) is 13.8 Å². The molecule has 0 bridgehead atoms. The summed E-state index contributed by atoms with van der Waals surface area (Å²) in [5.41, 5.74) is 0. The third-order valence-corrected chi connectivity index (χ3v) is 2.83. The molecule has 1 aliphatic rings. The summed E-state index contributed by atoms with van der Waals surface area (Å²) in [6.45, 7) is 4.52. The zero-order valence-electron chi connectivity index (χ0n) is 10.1. The predicted octanol–water partition coefficient (Wildman–Crippen LogP) is -0.308. The predicted molar refractivity (Wildman–Crippen MR) is 60.2 cm³/mol. The Hall–Kier alpha value is -1.59. The molecule has 2 amide bonds. The Morgan fingerprint density at radius 3 is 2.35 bits per heavy atom. The van der Waals surface area contributed by atoms with Crippen molar-refractivity contribution < 1.29 is 19.5 Å². The zero-order valence-corrected chi connectivity index (χ0v) is 10.1. The topological polar surface area (TPSA) is 86.7 Å². The van der Waals surface area contributed by atoms with Crippen LogP contribution < -0.4 is 5.32 Å². The number of nitrogens with zero attached hydrogens (tertiary/aromatic N) is 1. The average Bonchev–Trinajstić information content (AvgIpc) is 3.05. The molecule has 0 aromatic heterocycles. The Bertz CT molecular complexity index is 329. The number of rotatable bonds is 6. The maximum absolute atomic E-state index is 11.9. The molecule has 6 nitrogen and oxygen atoms in total. The van der Waals surface area contributed by atoms with Crippen LogP contribution in [0, 0.1) is 11.8 Å². The van der Waals surface area contributed by atoms with Gasteiger partial charge in [0.25, 0.3) is 0 Å². The van der Waals surface area contributed by atoms with E-state index in [1.807, 2.05) is 0 Å². The summed E-state index contributed by atoms with van der Waals surface area (Å²) in [5, 5.41) is 11.4. The quantitative estimate of drug-likeness (QED) is 0.669. The second kappa shape index (κ2) is 5.65. The van der Waals surface area contributed by atoms with E-state index >= 15 is 0 Å². The maximum Gasteiger partial charge on any atom is 0.307 e. The first-order chi connectivity index (χ1) is 8.01. The number of aliphatic carboxylic acids is 1. The van der Waals surface area contributed by atoms with Gasteiger partial charge in [-0.3, -0.25) is 14.4 Å². The van der Waals surface area contributed by atoms with Crippen LogP contribution in [0.25, 0.3) is 0 Å². The number of carboxylic acids is 1. The van der Waals surface area contributed by atoms with E-state index in [1.165, 1.54) is 4.90 Å². The summed E-state index contributed by atoms with van der Waals surface area (Å²) < 4.78 is 0. The number of amides is 2. The molecule has 1 fully saturated rings. The Labute approximate surface area is 100.0 Å². The van der Waals surface area contributed by atoms with Gasteiger partial charge in [-0.05, 0) is 20.3 Å². The minimum Gasteiger partial charge on any atom is -0.481 e. The summed E-state index contributed by atoms with van der Waals surface area (Å²) in [7, 11) is 0. The van der Waals surface area contributed by atoms with Gasteiger partial charge in [0.1, 0.15) is 0 Å². The van der Waals surface area contributed by atoms with Crippen molar-refractivity contribution in [3.63, 3.8) is 0 Å². The third kappa shape index (κ3) is 3.44. The van der Waals surface area contributed by atoms with Gasteiger partial charge in [-0.25, -0.2) is 0 Å². The highest BCUT2D eigenvalue weighted by Gasteiger charge is 2.49. The molecule has 0 aromatic carbocycles. The fourth-order valence-electron chi connectivity index (χ4n) is 1.75. The van der Waals surface area contributed by atoms with Crippen molar-refractivity contribution in [3.05, 3.63) is 0 Å². The van der Waals surface area contributed by atoms with Crippen LogP contribution in [-0.4, -0.2) is 47.4 Å². The number of hydrogen-bond donors (Lipinski definition) is 2.